The Morgan fingerprint density at radius 2 is 2.04 bits per heavy atom. The number of alkyl halides is 3. The Bertz CT molecular complexity index is 630. The van der Waals surface area contributed by atoms with Crippen molar-refractivity contribution in [1.82, 2.24) is 9.88 Å². The summed E-state index contributed by atoms with van der Waals surface area (Å²) in [7, 11) is -5.68. The minimum Gasteiger partial charge on any atom is -0.355 e. The second kappa shape index (κ2) is 6.64. The number of pyridine rings is 1. The van der Waals surface area contributed by atoms with Crippen LogP contribution in [0.4, 0.5) is 13.2 Å². The van der Waals surface area contributed by atoms with E-state index in [0.717, 1.165) is 37.6 Å². The van der Waals surface area contributed by atoms with E-state index < -0.39 is 21.5 Å². The van der Waals surface area contributed by atoms with Crippen molar-refractivity contribution in [1.29, 1.82) is 0 Å². The van der Waals surface area contributed by atoms with Gasteiger partial charge in [-0.05, 0) is 44.7 Å². The van der Waals surface area contributed by atoms with Gasteiger partial charge in [-0.3, -0.25) is 0 Å². The molecule has 1 fully saturated rings. The van der Waals surface area contributed by atoms with Crippen LogP contribution in [-0.4, -0.2) is 42.9 Å². The van der Waals surface area contributed by atoms with Crippen molar-refractivity contribution in [2.75, 3.05) is 13.1 Å². The number of halogens is 3. The van der Waals surface area contributed by atoms with E-state index >= 15 is 0 Å². The van der Waals surface area contributed by atoms with Gasteiger partial charge in [0.25, 0.3) is 0 Å². The van der Waals surface area contributed by atoms with E-state index in [4.69, 9.17) is 0 Å². The van der Waals surface area contributed by atoms with Crippen LogP contribution >= 0.6 is 0 Å². The van der Waals surface area contributed by atoms with Crippen LogP contribution in [0, 0.1) is 0 Å². The molecule has 1 aromatic heterocycles. The predicted molar refractivity (Wildman–Crippen MR) is 78.5 cm³/mol. The van der Waals surface area contributed by atoms with Gasteiger partial charge in [0, 0.05) is 24.8 Å². The highest BCUT2D eigenvalue weighted by atomic mass is 32.2. The summed E-state index contributed by atoms with van der Waals surface area (Å²) in [4.78, 5) is 6.03. The number of likely N-dealkylation sites (tertiary alicyclic amines) is 1. The molecule has 0 N–H and O–H groups in total. The highest BCUT2D eigenvalue weighted by Gasteiger charge is 2.48. The molecule has 1 saturated heterocycles. The van der Waals surface area contributed by atoms with Crippen LogP contribution in [0.5, 0.6) is 5.88 Å². The Balaban J connectivity index is 2.08. The first kappa shape index (κ1) is 18.0. The summed E-state index contributed by atoms with van der Waals surface area (Å²) >= 11 is 0. The van der Waals surface area contributed by atoms with Crippen LogP contribution in [0.3, 0.4) is 0 Å². The number of rotatable bonds is 4. The molecule has 5 nitrogen and oxygen atoms in total. The van der Waals surface area contributed by atoms with Gasteiger partial charge in [-0.2, -0.15) is 21.6 Å². The van der Waals surface area contributed by atoms with Gasteiger partial charge in [0.05, 0.1) is 0 Å². The topological polar surface area (TPSA) is 59.5 Å². The van der Waals surface area contributed by atoms with Crippen molar-refractivity contribution >= 4 is 10.1 Å². The molecular formula is C14H19F3N2O3S. The first-order chi connectivity index (χ1) is 10.6. The Morgan fingerprint density at radius 3 is 2.57 bits per heavy atom. The van der Waals surface area contributed by atoms with Crippen molar-refractivity contribution in [3.8, 4) is 5.88 Å². The van der Waals surface area contributed by atoms with Gasteiger partial charge in [0.1, 0.15) is 0 Å². The van der Waals surface area contributed by atoms with Crippen LogP contribution in [0.2, 0.25) is 0 Å². The maximum Gasteiger partial charge on any atom is 0.534 e. The minimum absolute atomic E-state index is 0.229. The summed E-state index contributed by atoms with van der Waals surface area (Å²) in [6.07, 6.45) is 3.38. The molecule has 0 radical (unpaired) electrons. The second-order valence-corrected chi connectivity index (χ2v) is 7.38. The molecule has 2 rings (SSSR count). The number of hydrogen-bond acceptors (Lipinski definition) is 5. The summed E-state index contributed by atoms with van der Waals surface area (Å²) in [6.45, 7) is 6.09. The van der Waals surface area contributed by atoms with Gasteiger partial charge in [-0.25, -0.2) is 4.98 Å². The third kappa shape index (κ3) is 4.35. The summed E-state index contributed by atoms with van der Waals surface area (Å²) in [5, 5.41) is 0. The lowest BCUT2D eigenvalue weighted by atomic mass is 9.91. The standard InChI is InChI=1S/C14H19F3N2O3S/c1-10(2)19-7-3-4-12(9-19)11-5-6-13(18-8-11)22-23(20,21)14(15,16)17/h5-6,8,10,12H,3-4,7,9H2,1-2H3/t12-/m1/s1. The molecule has 9 heteroatoms. The quantitative estimate of drug-likeness (QED) is 0.616. The highest BCUT2D eigenvalue weighted by Crippen LogP contribution is 2.29. The molecule has 1 aliphatic rings. The van der Waals surface area contributed by atoms with E-state index in [2.05, 4.69) is 27.9 Å². The largest absolute Gasteiger partial charge is 0.534 e. The molecule has 0 aromatic carbocycles. The molecule has 0 bridgehead atoms. The van der Waals surface area contributed by atoms with Gasteiger partial charge < -0.3 is 9.08 Å². The lowest BCUT2D eigenvalue weighted by Crippen LogP contribution is -2.39. The van der Waals surface area contributed by atoms with Gasteiger partial charge in [0.15, 0.2) is 0 Å². The molecule has 130 valence electrons. The normalized spacial score (nSPS) is 20.7. The number of piperidine rings is 1. The zero-order valence-electron chi connectivity index (χ0n) is 12.9. The van der Waals surface area contributed by atoms with Crippen LogP contribution < -0.4 is 4.18 Å². The second-order valence-electron chi connectivity index (χ2n) is 5.84. The minimum atomic E-state index is -5.68. The van der Waals surface area contributed by atoms with Gasteiger partial charge in [0.2, 0.25) is 5.88 Å². The number of nitrogens with zero attached hydrogens (tertiary/aromatic N) is 2. The molecule has 1 aromatic rings. The fourth-order valence-electron chi connectivity index (χ4n) is 2.59. The van der Waals surface area contributed by atoms with Gasteiger partial charge in [-0.15, -0.1) is 0 Å². The molecule has 0 aliphatic carbocycles. The highest BCUT2D eigenvalue weighted by molar-refractivity contribution is 7.87. The molecule has 1 atom stereocenters. The molecule has 0 amide bonds. The van der Waals surface area contributed by atoms with Crippen LogP contribution in [0.1, 0.15) is 38.2 Å². The van der Waals surface area contributed by atoms with Crippen molar-refractivity contribution in [2.24, 2.45) is 0 Å². The molecule has 0 saturated carbocycles. The lowest BCUT2D eigenvalue weighted by molar-refractivity contribution is -0.0501. The Morgan fingerprint density at radius 1 is 1.35 bits per heavy atom. The van der Waals surface area contributed by atoms with E-state index in [1.54, 1.807) is 6.07 Å². The van der Waals surface area contributed by atoms with E-state index in [1.807, 2.05) is 0 Å². The molecule has 0 unspecified atom stereocenters. The van der Waals surface area contributed by atoms with Crippen molar-refractivity contribution in [3.05, 3.63) is 23.9 Å². The van der Waals surface area contributed by atoms with Crippen LogP contribution in [0.15, 0.2) is 18.3 Å². The average molecular weight is 352 g/mol. The smallest absolute Gasteiger partial charge is 0.355 e. The number of hydrogen-bond donors (Lipinski definition) is 0. The molecule has 23 heavy (non-hydrogen) atoms. The third-order valence-electron chi connectivity index (χ3n) is 3.89. The number of aromatic nitrogens is 1. The lowest BCUT2D eigenvalue weighted by Gasteiger charge is -2.35. The third-order valence-corrected chi connectivity index (χ3v) is 4.85. The van der Waals surface area contributed by atoms with E-state index in [-0.39, 0.29) is 5.92 Å². The summed E-state index contributed by atoms with van der Waals surface area (Å²) in [5.74, 6) is -0.352. The maximum atomic E-state index is 12.3. The van der Waals surface area contributed by atoms with E-state index in [0.29, 0.717) is 6.04 Å². The van der Waals surface area contributed by atoms with Gasteiger partial charge >= 0.3 is 15.6 Å². The van der Waals surface area contributed by atoms with Crippen LogP contribution in [-0.2, 0) is 10.1 Å². The predicted octanol–water partition coefficient (Wildman–Crippen LogP) is 2.90. The van der Waals surface area contributed by atoms with E-state index in [9.17, 15) is 21.6 Å². The Hall–Kier alpha value is -1.35. The molecule has 1 aliphatic heterocycles. The van der Waals surface area contributed by atoms with E-state index in [1.165, 1.54) is 6.20 Å². The zero-order chi connectivity index (χ0) is 17.3. The van der Waals surface area contributed by atoms with Crippen LogP contribution in [0.25, 0.3) is 0 Å². The van der Waals surface area contributed by atoms with Gasteiger partial charge in [-0.1, -0.05) is 6.07 Å². The maximum absolute atomic E-state index is 12.3. The summed E-state index contributed by atoms with van der Waals surface area (Å²) in [6, 6.07) is 3.15. The molecular weight excluding hydrogens is 333 g/mol. The summed E-state index contributed by atoms with van der Waals surface area (Å²) in [5.41, 5.74) is -4.60. The fourth-order valence-corrected chi connectivity index (χ4v) is 3.01. The average Bonchev–Trinajstić information content (AvgIpc) is 2.46. The fraction of sp³-hybridized carbons (Fsp3) is 0.643. The first-order valence-corrected chi connectivity index (χ1v) is 8.72. The summed E-state index contributed by atoms with van der Waals surface area (Å²) < 4.78 is 62.6. The van der Waals surface area contributed by atoms with Crippen molar-refractivity contribution in [3.63, 3.8) is 0 Å². The monoisotopic (exact) mass is 352 g/mol. The molecule has 0 spiro atoms. The van der Waals surface area contributed by atoms with Crippen molar-refractivity contribution in [2.45, 2.75) is 44.2 Å². The van der Waals surface area contributed by atoms with Crippen molar-refractivity contribution < 1.29 is 25.8 Å². The Labute approximate surface area is 133 Å². The zero-order valence-corrected chi connectivity index (χ0v) is 13.7. The molecule has 2 heterocycles. The SMILES string of the molecule is CC(C)N1CCC[C@@H](c2ccc(OS(=O)(=O)C(F)(F)F)nc2)C1. The Kier molecular flexibility index (Phi) is 5.20. The first-order valence-electron chi connectivity index (χ1n) is 7.31.